The molecule has 0 amide bonds. The molecule has 6 heteroatoms. The molecule has 0 aliphatic carbocycles. The number of para-hydroxylation sites is 1. The van der Waals surface area contributed by atoms with Crippen molar-refractivity contribution < 1.29 is 13.2 Å². The molecule has 1 aliphatic heterocycles. The van der Waals surface area contributed by atoms with Gasteiger partial charge in [-0.15, -0.1) is 0 Å². The molecule has 0 aromatic heterocycles. The lowest BCUT2D eigenvalue weighted by atomic mass is 10.1. The number of aryl methyl sites for hydroxylation is 3. The molecule has 146 valence electrons. The Bertz CT molecular complexity index is 894. The Kier molecular flexibility index (Phi) is 5.89. The van der Waals surface area contributed by atoms with Gasteiger partial charge in [-0.1, -0.05) is 35.9 Å². The summed E-state index contributed by atoms with van der Waals surface area (Å²) in [5, 5.41) is 0. The Balaban J connectivity index is 1.72. The van der Waals surface area contributed by atoms with E-state index in [1.165, 1.54) is 0 Å². The third-order valence-electron chi connectivity index (χ3n) is 5.12. The van der Waals surface area contributed by atoms with Gasteiger partial charge in [0.25, 0.3) is 0 Å². The van der Waals surface area contributed by atoms with Gasteiger partial charge in [-0.25, -0.2) is 8.42 Å². The maximum absolute atomic E-state index is 13.2. The van der Waals surface area contributed by atoms with Crippen molar-refractivity contribution in [1.82, 2.24) is 9.21 Å². The summed E-state index contributed by atoms with van der Waals surface area (Å²) in [4.78, 5) is 2.74. The summed E-state index contributed by atoms with van der Waals surface area (Å²) >= 11 is 0. The highest BCUT2D eigenvalue weighted by atomic mass is 32.2. The van der Waals surface area contributed by atoms with Crippen LogP contribution >= 0.6 is 0 Å². The molecule has 27 heavy (non-hydrogen) atoms. The summed E-state index contributed by atoms with van der Waals surface area (Å²) in [6.07, 6.45) is 0. The lowest BCUT2D eigenvalue weighted by Gasteiger charge is -2.34. The molecule has 0 bridgehead atoms. The van der Waals surface area contributed by atoms with E-state index in [1.807, 2.05) is 51.1 Å². The number of rotatable bonds is 5. The van der Waals surface area contributed by atoms with Crippen molar-refractivity contribution in [3.05, 3.63) is 58.7 Å². The van der Waals surface area contributed by atoms with Gasteiger partial charge in [-0.2, -0.15) is 4.31 Å². The van der Waals surface area contributed by atoms with Gasteiger partial charge in [-0.05, 0) is 38.0 Å². The summed E-state index contributed by atoms with van der Waals surface area (Å²) in [5.41, 5.74) is 3.86. The number of ether oxygens (including phenoxy) is 1. The van der Waals surface area contributed by atoms with Gasteiger partial charge in [-0.3, -0.25) is 4.90 Å². The third-order valence-corrected chi connectivity index (χ3v) is 7.33. The van der Waals surface area contributed by atoms with Crippen LogP contribution in [-0.2, 0) is 16.6 Å². The zero-order chi connectivity index (χ0) is 19.6. The summed E-state index contributed by atoms with van der Waals surface area (Å²) in [7, 11) is -1.79. The van der Waals surface area contributed by atoms with Crippen molar-refractivity contribution in [3.63, 3.8) is 0 Å². The van der Waals surface area contributed by atoms with Crippen LogP contribution in [0.25, 0.3) is 0 Å². The maximum Gasteiger partial charge on any atom is 0.243 e. The van der Waals surface area contributed by atoms with E-state index in [0.717, 1.165) is 34.5 Å². The fourth-order valence-corrected chi connectivity index (χ4v) is 5.74. The Labute approximate surface area is 162 Å². The molecule has 1 fully saturated rings. The van der Waals surface area contributed by atoms with Crippen LogP contribution in [0.4, 0.5) is 0 Å². The molecule has 0 N–H and O–H groups in total. The van der Waals surface area contributed by atoms with Gasteiger partial charge in [0.1, 0.15) is 5.75 Å². The first-order valence-corrected chi connectivity index (χ1v) is 10.7. The van der Waals surface area contributed by atoms with Gasteiger partial charge in [0, 0.05) is 38.3 Å². The lowest BCUT2D eigenvalue weighted by Crippen LogP contribution is -2.48. The van der Waals surface area contributed by atoms with Crippen LogP contribution < -0.4 is 4.74 Å². The van der Waals surface area contributed by atoms with Crippen LogP contribution in [0.2, 0.25) is 0 Å². The van der Waals surface area contributed by atoms with Gasteiger partial charge < -0.3 is 4.74 Å². The number of sulfonamides is 1. The number of hydrogen-bond donors (Lipinski definition) is 0. The predicted molar refractivity (Wildman–Crippen MR) is 108 cm³/mol. The average Bonchev–Trinajstić information content (AvgIpc) is 2.61. The van der Waals surface area contributed by atoms with E-state index in [1.54, 1.807) is 11.4 Å². The topological polar surface area (TPSA) is 49.9 Å². The molecule has 1 heterocycles. The Morgan fingerprint density at radius 2 is 1.56 bits per heavy atom. The van der Waals surface area contributed by atoms with Crippen LogP contribution in [0.1, 0.15) is 22.3 Å². The second kappa shape index (κ2) is 8.00. The van der Waals surface area contributed by atoms with Crippen molar-refractivity contribution in [2.75, 3.05) is 33.3 Å². The largest absolute Gasteiger partial charge is 0.496 e. The number of piperazine rings is 1. The van der Waals surface area contributed by atoms with Gasteiger partial charge in [0.2, 0.25) is 10.0 Å². The first-order chi connectivity index (χ1) is 12.8. The Hall–Kier alpha value is -1.89. The van der Waals surface area contributed by atoms with Crippen molar-refractivity contribution in [3.8, 4) is 5.75 Å². The molecule has 0 unspecified atom stereocenters. The minimum atomic E-state index is -3.47. The summed E-state index contributed by atoms with van der Waals surface area (Å²) < 4.78 is 33.4. The van der Waals surface area contributed by atoms with Crippen LogP contribution in [0.3, 0.4) is 0 Å². The predicted octanol–water partition coefficient (Wildman–Crippen LogP) is 3.13. The fourth-order valence-electron chi connectivity index (χ4n) is 3.91. The van der Waals surface area contributed by atoms with Gasteiger partial charge in [0.15, 0.2) is 0 Å². The van der Waals surface area contributed by atoms with Crippen molar-refractivity contribution in [2.45, 2.75) is 32.2 Å². The molecule has 2 aromatic carbocycles. The molecule has 1 saturated heterocycles. The Morgan fingerprint density at radius 1 is 0.963 bits per heavy atom. The third kappa shape index (κ3) is 4.18. The number of methoxy groups -OCH3 is 1. The zero-order valence-corrected chi connectivity index (χ0v) is 17.3. The van der Waals surface area contributed by atoms with E-state index in [2.05, 4.69) is 11.0 Å². The normalized spacial score (nSPS) is 16.4. The van der Waals surface area contributed by atoms with Crippen LogP contribution in [0, 0.1) is 20.8 Å². The van der Waals surface area contributed by atoms with E-state index >= 15 is 0 Å². The molecule has 3 rings (SSSR count). The van der Waals surface area contributed by atoms with E-state index in [4.69, 9.17) is 4.74 Å². The number of benzene rings is 2. The minimum absolute atomic E-state index is 0.464. The summed E-state index contributed by atoms with van der Waals surface area (Å²) in [6, 6.07) is 11.9. The maximum atomic E-state index is 13.2. The second-order valence-corrected chi connectivity index (χ2v) is 9.09. The minimum Gasteiger partial charge on any atom is -0.496 e. The summed E-state index contributed by atoms with van der Waals surface area (Å²) in [6.45, 7) is 8.94. The van der Waals surface area contributed by atoms with E-state index in [-0.39, 0.29) is 0 Å². The number of hydrogen-bond acceptors (Lipinski definition) is 4. The standard InChI is InChI=1S/C21H28N2O3S/c1-16-13-17(2)21(18(3)14-16)27(24,25)23-11-9-22(10-12-23)15-19-7-5-6-8-20(19)26-4/h5-8,13-14H,9-12,15H2,1-4H3. The monoisotopic (exact) mass is 388 g/mol. The number of nitrogens with zero attached hydrogens (tertiary/aromatic N) is 2. The van der Waals surface area contributed by atoms with Gasteiger partial charge in [0.05, 0.1) is 12.0 Å². The first kappa shape index (κ1) is 19.9. The second-order valence-electron chi connectivity index (χ2n) is 7.22. The SMILES string of the molecule is COc1ccccc1CN1CCN(S(=O)(=O)c2c(C)cc(C)cc2C)CC1. The van der Waals surface area contributed by atoms with E-state index < -0.39 is 10.0 Å². The molecule has 1 aliphatic rings. The van der Waals surface area contributed by atoms with Crippen molar-refractivity contribution in [1.29, 1.82) is 0 Å². The molecular formula is C21H28N2O3S. The van der Waals surface area contributed by atoms with Crippen LogP contribution in [0.15, 0.2) is 41.3 Å². The van der Waals surface area contributed by atoms with Gasteiger partial charge >= 0.3 is 0 Å². The molecule has 5 nitrogen and oxygen atoms in total. The highest BCUT2D eigenvalue weighted by Crippen LogP contribution is 2.27. The van der Waals surface area contributed by atoms with E-state index in [9.17, 15) is 8.42 Å². The molecular weight excluding hydrogens is 360 g/mol. The van der Waals surface area contributed by atoms with Crippen LogP contribution in [-0.4, -0.2) is 50.9 Å². The zero-order valence-electron chi connectivity index (χ0n) is 16.5. The molecule has 0 saturated carbocycles. The molecule has 2 aromatic rings. The molecule has 0 spiro atoms. The smallest absolute Gasteiger partial charge is 0.243 e. The fraction of sp³-hybridized carbons (Fsp3) is 0.429. The van der Waals surface area contributed by atoms with E-state index in [0.29, 0.717) is 31.1 Å². The summed E-state index contributed by atoms with van der Waals surface area (Å²) in [5.74, 6) is 0.874. The highest BCUT2D eigenvalue weighted by molar-refractivity contribution is 7.89. The van der Waals surface area contributed by atoms with Crippen LogP contribution in [0.5, 0.6) is 5.75 Å². The first-order valence-electron chi connectivity index (χ1n) is 9.25. The lowest BCUT2D eigenvalue weighted by molar-refractivity contribution is 0.180. The Morgan fingerprint density at radius 3 is 2.15 bits per heavy atom. The highest BCUT2D eigenvalue weighted by Gasteiger charge is 2.31. The molecule has 0 radical (unpaired) electrons. The average molecular weight is 389 g/mol. The quantitative estimate of drug-likeness (QED) is 0.790. The molecule has 0 atom stereocenters. The van der Waals surface area contributed by atoms with Crippen molar-refractivity contribution in [2.24, 2.45) is 0 Å². The van der Waals surface area contributed by atoms with Crippen molar-refractivity contribution >= 4 is 10.0 Å².